The summed E-state index contributed by atoms with van der Waals surface area (Å²) in [5, 5.41) is 0. The van der Waals surface area contributed by atoms with E-state index in [4.69, 9.17) is 0 Å². The Morgan fingerprint density at radius 3 is 3.50 bits per heavy atom. The van der Waals surface area contributed by atoms with E-state index in [0.717, 1.165) is 6.54 Å². The second-order valence-electron chi connectivity index (χ2n) is 2.12. The highest BCUT2D eigenvalue weighted by Crippen LogP contribution is 2.17. The van der Waals surface area contributed by atoms with Gasteiger partial charge in [0.2, 0.25) is 0 Å². The Kier molecular flexibility index (Phi) is 0.704. The molecule has 1 fully saturated rings. The van der Waals surface area contributed by atoms with Crippen LogP contribution in [0.2, 0.25) is 0 Å². The van der Waals surface area contributed by atoms with Crippen molar-refractivity contribution in [1.29, 1.82) is 0 Å². The van der Waals surface area contributed by atoms with Crippen molar-refractivity contribution in [3.05, 3.63) is 23.9 Å². The van der Waals surface area contributed by atoms with Crippen molar-refractivity contribution in [3.63, 3.8) is 0 Å². The number of allylic oxidation sites excluding steroid dienone is 2. The van der Waals surface area contributed by atoms with Crippen molar-refractivity contribution >= 4 is 0 Å². The number of hydrogen-bond acceptors (Lipinski definition) is 2. The zero-order valence-electron chi connectivity index (χ0n) is 4.52. The van der Waals surface area contributed by atoms with E-state index in [9.17, 15) is 0 Å². The summed E-state index contributed by atoms with van der Waals surface area (Å²) in [6.45, 7) is 1.04. The lowest BCUT2D eigenvalue weighted by atomic mass is 10.1. The van der Waals surface area contributed by atoms with E-state index < -0.39 is 0 Å². The van der Waals surface area contributed by atoms with Gasteiger partial charge in [0.1, 0.15) is 0 Å². The maximum Gasteiger partial charge on any atom is 0.0343 e. The van der Waals surface area contributed by atoms with Crippen molar-refractivity contribution < 1.29 is 0 Å². The van der Waals surface area contributed by atoms with Crippen molar-refractivity contribution in [3.8, 4) is 0 Å². The van der Waals surface area contributed by atoms with E-state index in [1.165, 1.54) is 5.70 Å². The predicted octanol–water partition coefficient (Wildman–Crippen LogP) is 0.164. The van der Waals surface area contributed by atoms with E-state index >= 15 is 0 Å². The number of nitrogens with one attached hydrogen (secondary N) is 2. The van der Waals surface area contributed by atoms with Gasteiger partial charge >= 0.3 is 0 Å². The van der Waals surface area contributed by atoms with Crippen molar-refractivity contribution in [1.82, 2.24) is 10.9 Å². The lowest BCUT2D eigenvalue weighted by Gasteiger charge is -1.94. The molecule has 8 heavy (non-hydrogen) atoms. The highest BCUT2D eigenvalue weighted by molar-refractivity contribution is 5.28. The highest BCUT2D eigenvalue weighted by Gasteiger charge is 2.18. The normalized spacial score (nSPS) is 32.0. The first-order chi connectivity index (χ1) is 3.97. The number of fused-ring (bicyclic) bond motifs is 1. The molecule has 42 valence electrons. The van der Waals surface area contributed by atoms with Gasteiger partial charge in [0.25, 0.3) is 0 Å². The molecule has 2 nitrogen and oxygen atoms in total. The standard InChI is InChI=1S/C6H8N2/c1-2-5-4-7-8-6(5)3-1/h1-3,5,7-8H,4H2. The quantitative estimate of drug-likeness (QED) is 0.462. The fourth-order valence-corrected chi connectivity index (χ4v) is 1.10. The minimum atomic E-state index is 0.634. The number of hydrogen-bond donors (Lipinski definition) is 2. The predicted molar refractivity (Wildman–Crippen MR) is 31.9 cm³/mol. The van der Waals surface area contributed by atoms with E-state index in [1.54, 1.807) is 0 Å². The fraction of sp³-hybridized carbons (Fsp3) is 0.333. The van der Waals surface area contributed by atoms with Crippen LogP contribution in [0.3, 0.4) is 0 Å². The van der Waals surface area contributed by atoms with Crippen LogP contribution >= 0.6 is 0 Å². The van der Waals surface area contributed by atoms with Crippen LogP contribution in [0.4, 0.5) is 0 Å². The summed E-state index contributed by atoms with van der Waals surface area (Å²) < 4.78 is 0. The maximum atomic E-state index is 3.07. The maximum absolute atomic E-state index is 3.07. The Labute approximate surface area is 48.2 Å². The summed E-state index contributed by atoms with van der Waals surface area (Å²) in [6, 6.07) is 0. The molecule has 0 spiro atoms. The molecule has 1 atom stereocenters. The molecular weight excluding hydrogens is 100 g/mol. The first-order valence-corrected chi connectivity index (χ1v) is 2.84. The second-order valence-corrected chi connectivity index (χ2v) is 2.12. The summed E-state index contributed by atoms with van der Waals surface area (Å²) in [6.07, 6.45) is 6.39. The molecule has 0 aromatic rings. The second kappa shape index (κ2) is 1.36. The van der Waals surface area contributed by atoms with Gasteiger partial charge in [-0.1, -0.05) is 12.2 Å². The Morgan fingerprint density at radius 2 is 2.62 bits per heavy atom. The molecule has 1 unspecified atom stereocenters. The lowest BCUT2D eigenvalue weighted by molar-refractivity contribution is 0.706. The minimum Gasteiger partial charge on any atom is -0.325 e. The molecule has 2 rings (SSSR count). The average Bonchev–Trinajstić information content (AvgIpc) is 2.15. The monoisotopic (exact) mass is 108 g/mol. The SMILES string of the molecule is C1=CC2CNNC2=C1. The first kappa shape index (κ1) is 4.15. The molecule has 1 aliphatic carbocycles. The molecule has 2 aliphatic rings. The highest BCUT2D eigenvalue weighted by atomic mass is 15.4. The van der Waals surface area contributed by atoms with Crippen LogP contribution in [-0.4, -0.2) is 6.54 Å². The van der Waals surface area contributed by atoms with Crippen LogP contribution in [0, 0.1) is 5.92 Å². The minimum absolute atomic E-state index is 0.634. The molecule has 0 aromatic carbocycles. The van der Waals surface area contributed by atoms with Gasteiger partial charge in [0.05, 0.1) is 0 Å². The van der Waals surface area contributed by atoms with E-state index in [0.29, 0.717) is 5.92 Å². The third kappa shape index (κ3) is 0.406. The molecule has 0 amide bonds. The van der Waals surface area contributed by atoms with Gasteiger partial charge in [-0.15, -0.1) is 0 Å². The van der Waals surface area contributed by atoms with Crippen molar-refractivity contribution in [2.24, 2.45) is 5.92 Å². The first-order valence-electron chi connectivity index (χ1n) is 2.84. The van der Waals surface area contributed by atoms with Gasteiger partial charge in [-0.2, -0.15) is 0 Å². The molecular formula is C6H8N2. The van der Waals surface area contributed by atoms with Gasteiger partial charge in [-0.05, 0) is 6.08 Å². The third-order valence-electron chi connectivity index (χ3n) is 1.57. The molecule has 1 saturated heterocycles. The molecule has 2 heteroatoms. The summed E-state index contributed by atoms with van der Waals surface area (Å²) in [5.74, 6) is 0.634. The molecule has 2 N–H and O–H groups in total. The van der Waals surface area contributed by atoms with Gasteiger partial charge in [-0.3, -0.25) is 0 Å². The summed E-state index contributed by atoms with van der Waals surface area (Å²) in [7, 11) is 0. The molecule has 0 bridgehead atoms. The number of rotatable bonds is 0. The van der Waals surface area contributed by atoms with Crippen LogP contribution in [0.1, 0.15) is 0 Å². The van der Waals surface area contributed by atoms with Crippen LogP contribution in [0.25, 0.3) is 0 Å². The van der Waals surface area contributed by atoms with Crippen LogP contribution in [0.5, 0.6) is 0 Å². The summed E-state index contributed by atoms with van der Waals surface area (Å²) in [5.41, 5.74) is 7.43. The number of hydrazine groups is 1. The molecule has 1 aliphatic heterocycles. The molecule has 0 aromatic heterocycles. The fourth-order valence-electron chi connectivity index (χ4n) is 1.10. The average molecular weight is 108 g/mol. The van der Waals surface area contributed by atoms with Gasteiger partial charge in [0, 0.05) is 18.2 Å². The Morgan fingerprint density at radius 1 is 1.62 bits per heavy atom. The molecule has 0 radical (unpaired) electrons. The Hall–Kier alpha value is -0.760. The zero-order valence-corrected chi connectivity index (χ0v) is 4.52. The smallest absolute Gasteiger partial charge is 0.0343 e. The lowest BCUT2D eigenvalue weighted by Crippen LogP contribution is -2.20. The largest absolute Gasteiger partial charge is 0.325 e. The van der Waals surface area contributed by atoms with E-state index in [2.05, 4.69) is 29.1 Å². The topological polar surface area (TPSA) is 24.1 Å². The van der Waals surface area contributed by atoms with Crippen LogP contribution in [0.15, 0.2) is 23.9 Å². The Bertz CT molecular complexity index is 158. The molecule has 1 heterocycles. The molecule has 0 saturated carbocycles. The zero-order chi connectivity index (χ0) is 5.40. The van der Waals surface area contributed by atoms with Crippen LogP contribution in [-0.2, 0) is 0 Å². The van der Waals surface area contributed by atoms with Gasteiger partial charge in [-0.25, -0.2) is 5.43 Å². The van der Waals surface area contributed by atoms with Gasteiger partial charge in [0.15, 0.2) is 0 Å². The van der Waals surface area contributed by atoms with E-state index in [-0.39, 0.29) is 0 Å². The van der Waals surface area contributed by atoms with Crippen LogP contribution < -0.4 is 10.9 Å². The Balaban J connectivity index is 2.29. The summed E-state index contributed by atoms with van der Waals surface area (Å²) in [4.78, 5) is 0. The van der Waals surface area contributed by atoms with Gasteiger partial charge < -0.3 is 5.43 Å². The summed E-state index contributed by atoms with van der Waals surface area (Å²) >= 11 is 0. The van der Waals surface area contributed by atoms with Crippen molar-refractivity contribution in [2.45, 2.75) is 0 Å². The van der Waals surface area contributed by atoms with E-state index in [1.807, 2.05) is 0 Å². The third-order valence-corrected chi connectivity index (χ3v) is 1.57. The van der Waals surface area contributed by atoms with Crippen molar-refractivity contribution in [2.75, 3.05) is 6.54 Å².